The van der Waals surface area contributed by atoms with Gasteiger partial charge in [-0.2, -0.15) is 0 Å². The summed E-state index contributed by atoms with van der Waals surface area (Å²) >= 11 is 0. The fraction of sp³-hybridized carbons (Fsp3) is 0.357. The Labute approximate surface area is 118 Å². The minimum atomic E-state index is -0.313. The van der Waals surface area contributed by atoms with Gasteiger partial charge in [0, 0.05) is 25.4 Å². The van der Waals surface area contributed by atoms with Gasteiger partial charge in [-0.15, -0.1) is 0 Å². The maximum atomic E-state index is 12.3. The molecule has 2 heterocycles. The molecule has 0 saturated carbocycles. The van der Waals surface area contributed by atoms with Crippen LogP contribution in [0.3, 0.4) is 0 Å². The quantitative estimate of drug-likeness (QED) is 0.917. The Morgan fingerprint density at radius 1 is 1.55 bits per heavy atom. The van der Waals surface area contributed by atoms with E-state index in [0.717, 1.165) is 11.3 Å². The number of amides is 1. The summed E-state index contributed by atoms with van der Waals surface area (Å²) in [6.07, 6.45) is 5.04. The van der Waals surface area contributed by atoms with Crippen molar-refractivity contribution < 1.29 is 4.79 Å². The summed E-state index contributed by atoms with van der Waals surface area (Å²) in [4.78, 5) is 22.1. The van der Waals surface area contributed by atoms with Crippen molar-refractivity contribution >= 4 is 11.7 Å². The van der Waals surface area contributed by atoms with E-state index in [2.05, 4.69) is 9.97 Å². The van der Waals surface area contributed by atoms with E-state index in [4.69, 9.17) is 5.73 Å². The van der Waals surface area contributed by atoms with E-state index in [9.17, 15) is 4.79 Å². The van der Waals surface area contributed by atoms with Gasteiger partial charge in [-0.05, 0) is 26.0 Å². The summed E-state index contributed by atoms with van der Waals surface area (Å²) in [7, 11) is 1.79. The topological polar surface area (TPSA) is 77.0 Å². The Hall–Kier alpha value is -2.37. The summed E-state index contributed by atoms with van der Waals surface area (Å²) in [6, 6.07) is 3.31. The van der Waals surface area contributed by atoms with Crippen molar-refractivity contribution in [3.8, 4) is 11.3 Å². The highest BCUT2D eigenvalue weighted by Crippen LogP contribution is 2.24. The third-order valence-corrected chi connectivity index (χ3v) is 3.37. The van der Waals surface area contributed by atoms with E-state index in [-0.39, 0.29) is 11.9 Å². The SMILES string of the molecule is CCN(C)C(=O)C(C)n1cncc1-c1ccnc(N)c1. The van der Waals surface area contributed by atoms with Gasteiger partial charge in [0.15, 0.2) is 0 Å². The molecule has 0 spiro atoms. The van der Waals surface area contributed by atoms with Gasteiger partial charge in [0.2, 0.25) is 5.91 Å². The summed E-state index contributed by atoms with van der Waals surface area (Å²) in [5, 5.41) is 0. The number of hydrogen-bond donors (Lipinski definition) is 1. The number of pyridine rings is 1. The minimum absolute atomic E-state index is 0.0498. The third-order valence-electron chi connectivity index (χ3n) is 3.37. The number of nitrogens with zero attached hydrogens (tertiary/aromatic N) is 4. The molecule has 6 nitrogen and oxygen atoms in total. The molecule has 0 saturated heterocycles. The van der Waals surface area contributed by atoms with E-state index >= 15 is 0 Å². The van der Waals surface area contributed by atoms with Crippen molar-refractivity contribution in [2.75, 3.05) is 19.3 Å². The minimum Gasteiger partial charge on any atom is -0.384 e. The molecule has 1 unspecified atom stereocenters. The zero-order valence-electron chi connectivity index (χ0n) is 11.9. The lowest BCUT2D eigenvalue weighted by molar-refractivity contribution is -0.132. The fourth-order valence-electron chi connectivity index (χ4n) is 2.04. The Balaban J connectivity index is 2.36. The summed E-state index contributed by atoms with van der Waals surface area (Å²) in [5.41, 5.74) is 7.45. The number of nitrogens with two attached hydrogens (primary N) is 1. The molecule has 2 N–H and O–H groups in total. The van der Waals surface area contributed by atoms with E-state index in [0.29, 0.717) is 12.4 Å². The van der Waals surface area contributed by atoms with Gasteiger partial charge >= 0.3 is 0 Å². The maximum Gasteiger partial charge on any atom is 0.245 e. The van der Waals surface area contributed by atoms with Gasteiger partial charge in [0.1, 0.15) is 11.9 Å². The normalized spacial score (nSPS) is 12.2. The average molecular weight is 273 g/mol. The molecule has 2 rings (SSSR count). The van der Waals surface area contributed by atoms with Crippen LogP contribution in [0.5, 0.6) is 0 Å². The van der Waals surface area contributed by atoms with E-state index in [1.165, 1.54) is 0 Å². The number of nitrogen functional groups attached to an aromatic ring is 1. The van der Waals surface area contributed by atoms with Crippen molar-refractivity contribution in [3.63, 3.8) is 0 Å². The number of imidazole rings is 1. The number of aromatic nitrogens is 3. The molecule has 20 heavy (non-hydrogen) atoms. The Kier molecular flexibility index (Phi) is 4.02. The van der Waals surface area contributed by atoms with Crippen molar-refractivity contribution in [2.24, 2.45) is 0 Å². The molecule has 0 aromatic carbocycles. The van der Waals surface area contributed by atoms with Gasteiger partial charge in [0.25, 0.3) is 0 Å². The molecular formula is C14H19N5O. The summed E-state index contributed by atoms with van der Waals surface area (Å²) in [6.45, 7) is 4.49. The van der Waals surface area contributed by atoms with Crippen molar-refractivity contribution in [1.29, 1.82) is 0 Å². The molecular weight excluding hydrogens is 254 g/mol. The Morgan fingerprint density at radius 2 is 2.30 bits per heavy atom. The summed E-state index contributed by atoms with van der Waals surface area (Å²) < 4.78 is 1.85. The van der Waals surface area contributed by atoms with Gasteiger partial charge < -0.3 is 15.2 Å². The second kappa shape index (κ2) is 5.73. The predicted molar refractivity (Wildman–Crippen MR) is 77.9 cm³/mol. The first-order valence-corrected chi connectivity index (χ1v) is 6.53. The highest BCUT2D eigenvalue weighted by atomic mass is 16.2. The van der Waals surface area contributed by atoms with Crippen molar-refractivity contribution in [3.05, 3.63) is 30.9 Å². The lowest BCUT2D eigenvalue weighted by atomic mass is 10.2. The van der Waals surface area contributed by atoms with E-state index in [1.807, 2.05) is 24.5 Å². The van der Waals surface area contributed by atoms with Gasteiger partial charge in [-0.3, -0.25) is 4.79 Å². The molecule has 0 radical (unpaired) electrons. The predicted octanol–water partition coefficient (Wildman–Crippen LogP) is 1.57. The number of rotatable bonds is 4. The molecule has 0 aliphatic heterocycles. The summed E-state index contributed by atoms with van der Waals surface area (Å²) in [5.74, 6) is 0.494. The van der Waals surface area contributed by atoms with Crippen molar-refractivity contribution in [2.45, 2.75) is 19.9 Å². The van der Waals surface area contributed by atoms with Crippen LogP contribution in [0.15, 0.2) is 30.9 Å². The molecule has 0 aliphatic carbocycles. The first-order valence-electron chi connectivity index (χ1n) is 6.53. The van der Waals surface area contributed by atoms with Crippen LogP contribution in [-0.4, -0.2) is 38.9 Å². The molecule has 0 aliphatic rings. The van der Waals surface area contributed by atoms with E-state index in [1.54, 1.807) is 36.7 Å². The number of carbonyl (C=O) groups is 1. The van der Waals surface area contributed by atoms with Crippen LogP contribution < -0.4 is 5.73 Å². The van der Waals surface area contributed by atoms with E-state index < -0.39 is 0 Å². The molecule has 6 heteroatoms. The lowest BCUT2D eigenvalue weighted by Crippen LogP contribution is -2.32. The Bertz CT molecular complexity index is 607. The standard InChI is InChI=1S/C14H19N5O/c1-4-18(3)14(20)10(2)19-9-16-8-12(19)11-5-6-17-13(15)7-11/h5-10H,4H2,1-3H3,(H2,15,17). The smallest absolute Gasteiger partial charge is 0.245 e. The lowest BCUT2D eigenvalue weighted by Gasteiger charge is -2.22. The van der Waals surface area contributed by atoms with Crippen LogP contribution in [0.4, 0.5) is 5.82 Å². The first kappa shape index (κ1) is 14.0. The zero-order chi connectivity index (χ0) is 14.7. The highest BCUT2D eigenvalue weighted by Gasteiger charge is 2.20. The number of carbonyl (C=O) groups excluding carboxylic acids is 1. The largest absolute Gasteiger partial charge is 0.384 e. The molecule has 1 atom stereocenters. The molecule has 0 bridgehead atoms. The van der Waals surface area contributed by atoms with Crippen LogP contribution in [-0.2, 0) is 4.79 Å². The Morgan fingerprint density at radius 3 is 2.95 bits per heavy atom. The first-order chi connectivity index (χ1) is 9.54. The zero-order valence-corrected chi connectivity index (χ0v) is 11.9. The average Bonchev–Trinajstić information content (AvgIpc) is 2.94. The number of anilines is 1. The van der Waals surface area contributed by atoms with Crippen LogP contribution in [0.25, 0.3) is 11.3 Å². The molecule has 2 aromatic heterocycles. The van der Waals surface area contributed by atoms with Gasteiger partial charge in [0.05, 0.1) is 18.2 Å². The van der Waals surface area contributed by atoms with Crippen molar-refractivity contribution in [1.82, 2.24) is 19.4 Å². The van der Waals surface area contributed by atoms with Crippen LogP contribution >= 0.6 is 0 Å². The maximum absolute atomic E-state index is 12.3. The molecule has 2 aromatic rings. The van der Waals surface area contributed by atoms with Crippen LogP contribution in [0.1, 0.15) is 19.9 Å². The molecule has 106 valence electrons. The number of hydrogen-bond acceptors (Lipinski definition) is 4. The van der Waals surface area contributed by atoms with Gasteiger partial charge in [-0.25, -0.2) is 9.97 Å². The fourth-order valence-corrected chi connectivity index (χ4v) is 2.04. The monoisotopic (exact) mass is 273 g/mol. The third kappa shape index (κ3) is 2.64. The second-order valence-electron chi connectivity index (χ2n) is 4.68. The number of likely N-dealkylation sites (N-methyl/N-ethyl adjacent to an activating group) is 1. The molecule has 0 fully saturated rings. The van der Waals surface area contributed by atoms with Gasteiger partial charge in [-0.1, -0.05) is 0 Å². The molecule has 1 amide bonds. The highest BCUT2D eigenvalue weighted by molar-refractivity contribution is 5.80. The van der Waals surface area contributed by atoms with Crippen LogP contribution in [0.2, 0.25) is 0 Å². The van der Waals surface area contributed by atoms with Crippen LogP contribution in [0, 0.1) is 0 Å². The second-order valence-corrected chi connectivity index (χ2v) is 4.68.